The number of benzene rings is 1. The van der Waals surface area contributed by atoms with Gasteiger partial charge in [0.2, 0.25) is 0 Å². The van der Waals surface area contributed by atoms with E-state index < -0.39 is 0 Å². The van der Waals surface area contributed by atoms with Crippen molar-refractivity contribution >= 4 is 38.8 Å². The SMILES string of the molecule is CCc1nc(-c2ccc(Cl)c3cccnc23)c(N)s1. The molecule has 3 rings (SSSR count). The van der Waals surface area contributed by atoms with Gasteiger partial charge in [0, 0.05) is 17.1 Å². The van der Waals surface area contributed by atoms with Gasteiger partial charge in [0.05, 0.1) is 15.5 Å². The minimum atomic E-state index is 0.691. The Morgan fingerprint density at radius 3 is 2.89 bits per heavy atom. The highest BCUT2D eigenvalue weighted by Gasteiger charge is 2.14. The highest BCUT2D eigenvalue weighted by Crippen LogP contribution is 2.36. The zero-order valence-corrected chi connectivity index (χ0v) is 11.9. The fraction of sp³-hybridized carbons (Fsp3) is 0.143. The van der Waals surface area contributed by atoms with Gasteiger partial charge in [-0.05, 0) is 30.7 Å². The summed E-state index contributed by atoms with van der Waals surface area (Å²) in [5, 5.41) is 3.38. The van der Waals surface area contributed by atoms with Gasteiger partial charge in [-0.2, -0.15) is 0 Å². The van der Waals surface area contributed by atoms with Crippen molar-refractivity contribution in [3.8, 4) is 11.3 Å². The number of nitrogens with zero attached hydrogens (tertiary/aromatic N) is 2. The molecule has 0 bridgehead atoms. The van der Waals surface area contributed by atoms with Crippen LogP contribution in [0.4, 0.5) is 5.00 Å². The zero-order chi connectivity index (χ0) is 13.4. The molecule has 0 aliphatic carbocycles. The van der Waals surface area contributed by atoms with Crippen LogP contribution < -0.4 is 5.73 Å². The summed E-state index contributed by atoms with van der Waals surface area (Å²) >= 11 is 7.73. The number of aryl methyl sites for hydroxylation is 1. The molecule has 0 aliphatic heterocycles. The van der Waals surface area contributed by atoms with Crippen LogP contribution in [0, 0.1) is 0 Å². The molecule has 0 spiro atoms. The average molecular weight is 290 g/mol. The normalized spacial score (nSPS) is 11.1. The summed E-state index contributed by atoms with van der Waals surface area (Å²) in [5.74, 6) is 0. The molecule has 1 aromatic carbocycles. The second-order valence-corrected chi connectivity index (χ2v) is 5.69. The molecule has 0 fully saturated rings. The number of aromatic nitrogens is 2. The molecule has 3 aromatic rings. The highest BCUT2D eigenvalue weighted by molar-refractivity contribution is 7.16. The van der Waals surface area contributed by atoms with E-state index in [4.69, 9.17) is 17.3 Å². The number of hydrogen-bond acceptors (Lipinski definition) is 4. The number of hydrogen-bond donors (Lipinski definition) is 1. The van der Waals surface area contributed by atoms with Crippen molar-refractivity contribution < 1.29 is 0 Å². The molecule has 0 unspecified atom stereocenters. The Bertz CT molecular complexity index is 752. The third-order valence-corrected chi connectivity index (χ3v) is 4.33. The standard InChI is InChI=1S/C14H12ClN3S/c1-2-11-18-13(14(16)19-11)9-5-6-10(15)8-4-3-7-17-12(8)9/h3-7H,2,16H2,1H3. The summed E-state index contributed by atoms with van der Waals surface area (Å²) in [6.45, 7) is 2.07. The largest absolute Gasteiger partial charge is 0.389 e. The van der Waals surface area contributed by atoms with Crippen molar-refractivity contribution in [3.63, 3.8) is 0 Å². The van der Waals surface area contributed by atoms with E-state index in [9.17, 15) is 0 Å². The molecule has 2 aromatic heterocycles. The van der Waals surface area contributed by atoms with Crippen molar-refractivity contribution in [1.82, 2.24) is 9.97 Å². The van der Waals surface area contributed by atoms with Crippen LogP contribution in [0.25, 0.3) is 22.2 Å². The Hall–Kier alpha value is -1.65. The van der Waals surface area contributed by atoms with Gasteiger partial charge in [-0.25, -0.2) is 4.98 Å². The lowest BCUT2D eigenvalue weighted by molar-refractivity contribution is 1.10. The van der Waals surface area contributed by atoms with Crippen molar-refractivity contribution in [2.45, 2.75) is 13.3 Å². The smallest absolute Gasteiger partial charge is 0.114 e. The van der Waals surface area contributed by atoms with E-state index in [-0.39, 0.29) is 0 Å². The molecular formula is C14H12ClN3S. The summed E-state index contributed by atoms with van der Waals surface area (Å²) < 4.78 is 0. The van der Waals surface area contributed by atoms with E-state index in [1.54, 1.807) is 6.20 Å². The fourth-order valence-corrected chi connectivity index (χ4v) is 3.05. The van der Waals surface area contributed by atoms with Crippen LogP contribution in [0.1, 0.15) is 11.9 Å². The van der Waals surface area contributed by atoms with Crippen LogP contribution in [0.5, 0.6) is 0 Å². The van der Waals surface area contributed by atoms with Gasteiger partial charge >= 0.3 is 0 Å². The highest BCUT2D eigenvalue weighted by atomic mass is 35.5. The first-order valence-corrected chi connectivity index (χ1v) is 7.19. The van der Waals surface area contributed by atoms with Crippen molar-refractivity contribution in [2.75, 3.05) is 5.73 Å². The van der Waals surface area contributed by atoms with Gasteiger partial charge in [0.15, 0.2) is 0 Å². The molecule has 3 nitrogen and oxygen atoms in total. The average Bonchev–Trinajstić information content (AvgIpc) is 2.81. The summed E-state index contributed by atoms with van der Waals surface area (Å²) in [6, 6.07) is 7.63. The number of thiazole rings is 1. The summed E-state index contributed by atoms with van der Waals surface area (Å²) in [5.41, 5.74) is 8.66. The molecule has 2 heterocycles. The van der Waals surface area contributed by atoms with Gasteiger partial charge in [-0.1, -0.05) is 18.5 Å². The predicted molar refractivity (Wildman–Crippen MR) is 81.7 cm³/mol. The van der Waals surface area contributed by atoms with Crippen molar-refractivity contribution in [2.24, 2.45) is 0 Å². The maximum Gasteiger partial charge on any atom is 0.114 e. The van der Waals surface area contributed by atoms with Crippen molar-refractivity contribution in [3.05, 3.63) is 40.5 Å². The lowest BCUT2D eigenvalue weighted by atomic mass is 10.1. The maximum atomic E-state index is 6.20. The Kier molecular flexibility index (Phi) is 3.12. The minimum Gasteiger partial charge on any atom is -0.389 e. The molecule has 0 aliphatic rings. The van der Waals surface area contributed by atoms with Gasteiger partial charge in [-0.15, -0.1) is 11.3 Å². The van der Waals surface area contributed by atoms with Crippen LogP contribution in [0.15, 0.2) is 30.5 Å². The van der Waals surface area contributed by atoms with Crippen LogP contribution in [-0.2, 0) is 6.42 Å². The third-order valence-electron chi connectivity index (χ3n) is 2.97. The van der Waals surface area contributed by atoms with Crippen LogP contribution >= 0.6 is 22.9 Å². The van der Waals surface area contributed by atoms with E-state index in [1.807, 2.05) is 24.3 Å². The first-order chi connectivity index (χ1) is 9.20. The number of anilines is 1. The molecule has 96 valence electrons. The minimum absolute atomic E-state index is 0.691. The number of nitrogens with two attached hydrogens (primary N) is 1. The Morgan fingerprint density at radius 2 is 2.16 bits per heavy atom. The summed E-state index contributed by atoms with van der Waals surface area (Å²) in [7, 11) is 0. The Balaban J connectivity index is 2.30. The van der Waals surface area contributed by atoms with Gasteiger partial charge in [-0.3, -0.25) is 4.98 Å². The lowest BCUT2D eigenvalue weighted by Gasteiger charge is -2.05. The van der Waals surface area contributed by atoms with E-state index >= 15 is 0 Å². The topological polar surface area (TPSA) is 51.8 Å². The molecule has 19 heavy (non-hydrogen) atoms. The first-order valence-electron chi connectivity index (χ1n) is 5.99. The second kappa shape index (κ2) is 4.79. The summed E-state index contributed by atoms with van der Waals surface area (Å²) in [6.07, 6.45) is 2.64. The second-order valence-electron chi connectivity index (χ2n) is 4.17. The monoisotopic (exact) mass is 289 g/mol. The van der Waals surface area contributed by atoms with Gasteiger partial charge in [0.1, 0.15) is 10.7 Å². The molecule has 5 heteroatoms. The quantitative estimate of drug-likeness (QED) is 0.771. The number of halogens is 1. The molecule has 0 radical (unpaired) electrons. The molecule has 0 atom stereocenters. The van der Waals surface area contributed by atoms with Crippen LogP contribution in [-0.4, -0.2) is 9.97 Å². The molecule has 0 amide bonds. The summed E-state index contributed by atoms with van der Waals surface area (Å²) in [4.78, 5) is 9.01. The lowest BCUT2D eigenvalue weighted by Crippen LogP contribution is -1.90. The van der Waals surface area contributed by atoms with Gasteiger partial charge < -0.3 is 5.73 Å². The predicted octanol–water partition coefficient (Wildman–Crippen LogP) is 4.16. The first kappa shape index (κ1) is 12.4. The van der Waals surface area contributed by atoms with Gasteiger partial charge in [0.25, 0.3) is 0 Å². The molecule has 0 saturated carbocycles. The number of rotatable bonds is 2. The number of fused-ring (bicyclic) bond motifs is 1. The molecular weight excluding hydrogens is 278 g/mol. The van der Waals surface area contributed by atoms with E-state index in [0.29, 0.717) is 5.02 Å². The van der Waals surface area contributed by atoms with Crippen LogP contribution in [0.3, 0.4) is 0 Å². The van der Waals surface area contributed by atoms with E-state index in [1.165, 1.54) is 11.3 Å². The molecule has 2 N–H and O–H groups in total. The number of pyridine rings is 1. The van der Waals surface area contributed by atoms with Crippen LogP contribution in [0.2, 0.25) is 5.02 Å². The Labute approximate surface area is 120 Å². The van der Waals surface area contributed by atoms with Crippen molar-refractivity contribution in [1.29, 1.82) is 0 Å². The van der Waals surface area contributed by atoms with E-state index in [2.05, 4.69) is 16.9 Å². The van der Waals surface area contributed by atoms with E-state index in [0.717, 1.165) is 38.6 Å². The fourth-order valence-electron chi connectivity index (χ4n) is 2.05. The third kappa shape index (κ3) is 2.07. The number of nitrogen functional groups attached to an aromatic ring is 1. The Morgan fingerprint density at radius 1 is 1.32 bits per heavy atom. The zero-order valence-electron chi connectivity index (χ0n) is 10.4. The molecule has 0 saturated heterocycles. The maximum absolute atomic E-state index is 6.20.